The topological polar surface area (TPSA) is 82.5 Å². The van der Waals surface area contributed by atoms with Gasteiger partial charge in [-0.2, -0.15) is 0 Å². The molecule has 0 saturated heterocycles. The van der Waals surface area contributed by atoms with Crippen LogP contribution in [0, 0.1) is 5.92 Å². The van der Waals surface area contributed by atoms with Crippen LogP contribution in [0.5, 0.6) is 0 Å². The summed E-state index contributed by atoms with van der Waals surface area (Å²) in [7, 11) is 1.72. The summed E-state index contributed by atoms with van der Waals surface area (Å²) in [5.74, 6) is -0.450. The van der Waals surface area contributed by atoms with E-state index in [0.717, 1.165) is 6.54 Å². The smallest absolute Gasteiger partial charge is 0.337 e. The fourth-order valence-corrected chi connectivity index (χ4v) is 1.61. The zero-order valence-electron chi connectivity index (χ0n) is 10.1. The lowest BCUT2D eigenvalue weighted by Crippen LogP contribution is -2.33. The van der Waals surface area contributed by atoms with E-state index in [1.807, 2.05) is 0 Å². The van der Waals surface area contributed by atoms with Gasteiger partial charge in [-0.3, -0.25) is 4.98 Å². The van der Waals surface area contributed by atoms with Gasteiger partial charge < -0.3 is 15.3 Å². The number of aromatic carboxylic acids is 1. The molecule has 1 fully saturated rings. The third kappa shape index (κ3) is 3.19. The van der Waals surface area contributed by atoms with E-state index >= 15 is 0 Å². The van der Waals surface area contributed by atoms with Crippen LogP contribution < -0.4 is 5.32 Å². The minimum absolute atomic E-state index is 0.0534. The van der Waals surface area contributed by atoms with E-state index < -0.39 is 5.97 Å². The van der Waals surface area contributed by atoms with E-state index in [1.165, 1.54) is 31.3 Å². The van der Waals surface area contributed by atoms with Crippen molar-refractivity contribution in [2.45, 2.75) is 12.8 Å². The SMILES string of the molecule is CN(CC1CC1)C(=O)Nc1cncc(C(=O)O)c1. The van der Waals surface area contributed by atoms with Crippen LogP contribution in [0.3, 0.4) is 0 Å². The Hall–Kier alpha value is -2.11. The number of nitrogens with one attached hydrogen (secondary N) is 1. The fraction of sp³-hybridized carbons (Fsp3) is 0.417. The molecule has 0 bridgehead atoms. The van der Waals surface area contributed by atoms with E-state index in [2.05, 4.69) is 10.3 Å². The Morgan fingerprint density at radius 1 is 1.50 bits per heavy atom. The van der Waals surface area contributed by atoms with Gasteiger partial charge in [-0.15, -0.1) is 0 Å². The molecule has 1 aromatic heterocycles. The van der Waals surface area contributed by atoms with Gasteiger partial charge in [0, 0.05) is 19.8 Å². The van der Waals surface area contributed by atoms with Crippen molar-refractivity contribution in [3.8, 4) is 0 Å². The average molecular weight is 249 g/mol. The van der Waals surface area contributed by atoms with Crippen molar-refractivity contribution in [1.82, 2.24) is 9.88 Å². The van der Waals surface area contributed by atoms with Crippen molar-refractivity contribution >= 4 is 17.7 Å². The summed E-state index contributed by atoms with van der Waals surface area (Å²) in [6, 6.07) is 1.14. The molecule has 18 heavy (non-hydrogen) atoms. The van der Waals surface area contributed by atoms with E-state index in [1.54, 1.807) is 11.9 Å². The zero-order chi connectivity index (χ0) is 13.1. The molecule has 6 nitrogen and oxygen atoms in total. The molecule has 0 aromatic carbocycles. The molecule has 0 unspecified atom stereocenters. The molecule has 1 aliphatic rings. The van der Waals surface area contributed by atoms with E-state index in [9.17, 15) is 9.59 Å². The van der Waals surface area contributed by atoms with Crippen LogP contribution in [-0.4, -0.2) is 40.6 Å². The quantitative estimate of drug-likeness (QED) is 0.850. The lowest BCUT2D eigenvalue weighted by Gasteiger charge is -2.17. The third-order valence-electron chi connectivity index (χ3n) is 2.81. The highest BCUT2D eigenvalue weighted by molar-refractivity contribution is 5.92. The summed E-state index contributed by atoms with van der Waals surface area (Å²) in [5, 5.41) is 11.4. The first-order chi connectivity index (χ1) is 8.56. The first-order valence-corrected chi connectivity index (χ1v) is 5.76. The molecular weight excluding hydrogens is 234 g/mol. The van der Waals surface area contributed by atoms with Crippen LogP contribution in [0.1, 0.15) is 23.2 Å². The Morgan fingerprint density at radius 2 is 2.22 bits per heavy atom. The van der Waals surface area contributed by atoms with Gasteiger partial charge in [0.15, 0.2) is 0 Å². The zero-order valence-corrected chi connectivity index (χ0v) is 10.1. The predicted octanol–water partition coefficient (Wildman–Crippen LogP) is 1.65. The van der Waals surface area contributed by atoms with E-state index in [-0.39, 0.29) is 11.6 Å². The first kappa shape index (κ1) is 12.3. The normalized spacial score (nSPS) is 14.1. The number of urea groups is 1. The van der Waals surface area contributed by atoms with Gasteiger partial charge in [0.05, 0.1) is 17.4 Å². The van der Waals surface area contributed by atoms with Gasteiger partial charge in [0.1, 0.15) is 0 Å². The molecule has 6 heteroatoms. The van der Waals surface area contributed by atoms with Gasteiger partial charge in [-0.05, 0) is 24.8 Å². The van der Waals surface area contributed by atoms with Crippen molar-refractivity contribution in [2.24, 2.45) is 5.92 Å². The molecule has 2 N–H and O–H groups in total. The Balaban J connectivity index is 1.97. The van der Waals surface area contributed by atoms with E-state index in [0.29, 0.717) is 11.6 Å². The average Bonchev–Trinajstić information content (AvgIpc) is 3.13. The van der Waals surface area contributed by atoms with Crippen molar-refractivity contribution in [3.05, 3.63) is 24.0 Å². The Morgan fingerprint density at radius 3 is 2.83 bits per heavy atom. The number of carbonyl (C=O) groups is 2. The molecule has 1 aliphatic carbocycles. The third-order valence-corrected chi connectivity index (χ3v) is 2.81. The number of aromatic nitrogens is 1. The maximum absolute atomic E-state index is 11.8. The van der Waals surface area contributed by atoms with Crippen molar-refractivity contribution in [2.75, 3.05) is 18.9 Å². The van der Waals surface area contributed by atoms with E-state index in [4.69, 9.17) is 5.11 Å². The molecular formula is C12H15N3O3. The Labute approximate surface area is 105 Å². The van der Waals surface area contributed by atoms with Gasteiger partial charge in [0.25, 0.3) is 0 Å². The Bertz CT molecular complexity index is 471. The molecule has 0 atom stereocenters. The highest BCUT2D eigenvalue weighted by atomic mass is 16.4. The van der Waals surface area contributed by atoms with Crippen molar-refractivity contribution in [3.63, 3.8) is 0 Å². The number of carboxylic acids is 1. The molecule has 0 aliphatic heterocycles. The van der Waals surface area contributed by atoms with Gasteiger partial charge >= 0.3 is 12.0 Å². The Kier molecular flexibility index (Phi) is 3.45. The number of carboxylic acid groups (broad SMARTS) is 1. The standard InChI is InChI=1S/C12H15N3O3/c1-15(7-8-2-3-8)12(18)14-10-4-9(11(16)17)5-13-6-10/h4-6,8H,2-3,7H2,1H3,(H,14,18)(H,16,17). The monoisotopic (exact) mass is 249 g/mol. The number of hydrogen-bond donors (Lipinski definition) is 2. The molecule has 96 valence electrons. The predicted molar refractivity (Wildman–Crippen MR) is 65.6 cm³/mol. The maximum Gasteiger partial charge on any atom is 0.337 e. The fourth-order valence-electron chi connectivity index (χ4n) is 1.61. The highest BCUT2D eigenvalue weighted by Crippen LogP contribution is 2.29. The maximum atomic E-state index is 11.8. The summed E-state index contributed by atoms with van der Waals surface area (Å²) in [6.45, 7) is 0.734. The summed E-state index contributed by atoms with van der Waals surface area (Å²) >= 11 is 0. The minimum atomic E-state index is -1.06. The van der Waals surface area contributed by atoms with Gasteiger partial charge in [-0.1, -0.05) is 0 Å². The lowest BCUT2D eigenvalue weighted by molar-refractivity contribution is 0.0696. The molecule has 1 saturated carbocycles. The second-order valence-corrected chi connectivity index (χ2v) is 4.52. The summed E-state index contributed by atoms with van der Waals surface area (Å²) in [5.41, 5.74) is 0.445. The number of anilines is 1. The first-order valence-electron chi connectivity index (χ1n) is 5.76. The van der Waals surface area contributed by atoms with Crippen LogP contribution in [0.2, 0.25) is 0 Å². The van der Waals surface area contributed by atoms with Crippen LogP contribution in [0.25, 0.3) is 0 Å². The molecule has 0 spiro atoms. The van der Waals surface area contributed by atoms with Crippen LogP contribution in [0.4, 0.5) is 10.5 Å². The molecule has 1 aromatic rings. The largest absolute Gasteiger partial charge is 0.478 e. The van der Waals surface area contributed by atoms with Crippen LogP contribution >= 0.6 is 0 Å². The summed E-state index contributed by atoms with van der Waals surface area (Å²) in [6.07, 6.45) is 5.02. The summed E-state index contributed by atoms with van der Waals surface area (Å²) in [4.78, 5) is 27.9. The second kappa shape index (κ2) is 5.03. The number of nitrogens with zero attached hydrogens (tertiary/aromatic N) is 2. The van der Waals surface area contributed by atoms with Crippen LogP contribution in [0.15, 0.2) is 18.5 Å². The number of carbonyl (C=O) groups excluding carboxylic acids is 1. The number of rotatable bonds is 4. The lowest BCUT2D eigenvalue weighted by atomic mass is 10.2. The number of amides is 2. The molecule has 2 amide bonds. The molecule has 2 rings (SSSR count). The minimum Gasteiger partial charge on any atom is -0.478 e. The number of pyridine rings is 1. The van der Waals surface area contributed by atoms with Gasteiger partial charge in [-0.25, -0.2) is 9.59 Å². The number of hydrogen-bond acceptors (Lipinski definition) is 3. The van der Waals surface area contributed by atoms with Crippen LogP contribution in [-0.2, 0) is 0 Å². The molecule has 1 heterocycles. The highest BCUT2D eigenvalue weighted by Gasteiger charge is 2.24. The van der Waals surface area contributed by atoms with Crippen molar-refractivity contribution < 1.29 is 14.7 Å². The van der Waals surface area contributed by atoms with Gasteiger partial charge in [0.2, 0.25) is 0 Å². The second-order valence-electron chi connectivity index (χ2n) is 4.52. The molecule has 0 radical (unpaired) electrons. The van der Waals surface area contributed by atoms with Crippen molar-refractivity contribution in [1.29, 1.82) is 0 Å². The summed E-state index contributed by atoms with van der Waals surface area (Å²) < 4.78 is 0.